The number of hydrogen-bond donors (Lipinski definition) is 2. The van der Waals surface area contributed by atoms with Gasteiger partial charge in [-0.3, -0.25) is 0 Å². The molecule has 2 nitrogen and oxygen atoms in total. The van der Waals surface area contributed by atoms with Crippen LogP contribution in [0, 0.1) is 5.41 Å². The van der Waals surface area contributed by atoms with Crippen molar-refractivity contribution in [1.29, 1.82) is 0 Å². The predicted octanol–water partition coefficient (Wildman–Crippen LogP) is 2.43. The van der Waals surface area contributed by atoms with E-state index >= 15 is 0 Å². The SMILES string of the molecule is CSc1ccc([C@@H](N)C(C)(C)CO)cc1. The van der Waals surface area contributed by atoms with E-state index in [4.69, 9.17) is 5.73 Å². The second-order valence-corrected chi connectivity index (χ2v) is 5.28. The highest BCUT2D eigenvalue weighted by Crippen LogP contribution is 2.31. The summed E-state index contributed by atoms with van der Waals surface area (Å²) in [4.78, 5) is 1.23. The molecule has 0 amide bonds. The molecular weight excluding hydrogens is 206 g/mol. The van der Waals surface area contributed by atoms with Crippen LogP contribution in [0.5, 0.6) is 0 Å². The van der Waals surface area contributed by atoms with Gasteiger partial charge in [0.1, 0.15) is 0 Å². The van der Waals surface area contributed by atoms with Crippen LogP contribution >= 0.6 is 11.8 Å². The van der Waals surface area contributed by atoms with E-state index in [-0.39, 0.29) is 18.1 Å². The molecule has 0 aromatic heterocycles. The van der Waals surface area contributed by atoms with Crippen LogP contribution < -0.4 is 5.73 Å². The summed E-state index contributed by atoms with van der Waals surface area (Å²) in [5.41, 5.74) is 6.91. The summed E-state index contributed by atoms with van der Waals surface area (Å²) in [5, 5.41) is 9.24. The van der Waals surface area contributed by atoms with Gasteiger partial charge in [0.15, 0.2) is 0 Å². The number of benzene rings is 1. The van der Waals surface area contributed by atoms with E-state index in [0.29, 0.717) is 0 Å². The Kier molecular flexibility index (Phi) is 4.20. The molecule has 0 saturated carbocycles. The Labute approximate surface area is 95.9 Å². The van der Waals surface area contributed by atoms with Gasteiger partial charge in [-0.05, 0) is 24.0 Å². The Morgan fingerprint density at radius 1 is 1.33 bits per heavy atom. The highest BCUT2D eigenvalue weighted by Gasteiger charge is 2.26. The van der Waals surface area contributed by atoms with Crippen molar-refractivity contribution in [2.75, 3.05) is 12.9 Å². The van der Waals surface area contributed by atoms with E-state index in [1.165, 1.54) is 4.90 Å². The van der Waals surface area contributed by atoms with Crippen LogP contribution in [0.15, 0.2) is 29.2 Å². The fraction of sp³-hybridized carbons (Fsp3) is 0.500. The molecule has 15 heavy (non-hydrogen) atoms. The first-order chi connectivity index (χ1) is 7.01. The first-order valence-corrected chi connectivity index (χ1v) is 6.24. The molecular formula is C12H19NOS. The molecule has 0 unspecified atom stereocenters. The summed E-state index contributed by atoms with van der Waals surface area (Å²) >= 11 is 1.71. The molecule has 1 aromatic carbocycles. The second-order valence-electron chi connectivity index (χ2n) is 4.40. The molecule has 1 atom stereocenters. The van der Waals surface area contributed by atoms with Crippen molar-refractivity contribution in [3.05, 3.63) is 29.8 Å². The zero-order chi connectivity index (χ0) is 11.5. The number of nitrogens with two attached hydrogens (primary N) is 1. The van der Waals surface area contributed by atoms with Gasteiger partial charge in [-0.25, -0.2) is 0 Å². The van der Waals surface area contributed by atoms with E-state index in [1.54, 1.807) is 11.8 Å². The maximum Gasteiger partial charge on any atom is 0.0500 e. The Morgan fingerprint density at radius 3 is 2.27 bits per heavy atom. The van der Waals surface area contributed by atoms with Gasteiger partial charge in [-0.2, -0.15) is 0 Å². The second kappa shape index (κ2) is 5.01. The minimum absolute atomic E-state index is 0.0957. The number of aliphatic hydroxyl groups excluding tert-OH is 1. The summed E-state index contributed by atoms with van der Waals surface area (Å²) in [6.07, 6.45) is 2.05. The average molecular weight is 225 g/mol. The molecule has 84 valence electrons. The Hall–Kier alpha value is -0.510. The molecule has 1 rings (SSSR count). The minimum atomic E-state index is -0.277. The van der Waals surface area contributed by atoms with Crippen LogP contribution in [0.4, 0.5) is 0 Å². The topological polar surface area (TPSA) is 46.2 Å². The third kappa shape index (κ3) is 2.97. The van der Waals surface area contributed by atoms with E-state index in [0.717, 1.165) is 5.56 Å². The van der Waals surface area contributed by atoms with Crippen LogP contribution in [-0.4, -0.2) is 18.0 Å². The first-order valence-electron chi connectivity index (χ1n) is 5.01. The third-order valence-corrected chi connectivity index (χ3v) is 3.47. The van der Waals surface area contributed by atoms with Crippen LogP contribution in [0.1, 0.15) is 25.5 Å². The molecule has 3 N–H and O–H groups in total. The molecule has 0 heterocycles. The molecule has 3 heteroatoms. The zero-order valence-corrected chi connectivity index (χ0v) is 10.3. The van der Waals surface area contributed by atoms with Crippen LogP contribution in [0.2, 0.25) is 0 Å². The van der Waals surface area contributed by atoms with Crippen molar-refractivity contribution < 1.29 is 5.11 Å². The highest BCUT2D eigenvalue weighted by molar-refractivity contribution is 7.98. The van der Waals surface area contributed by atoms with Crippen molar-refractivity contribution in [3.8, 4) is 0 Å². The lowest BCUT2D eigenvalue weighted by molar-refractivity contribution is 0.132. The normalized spacial score (nSPS) is 13.9. The lowest BCUT2D eigenvalue weighted by atomic mass is 9.82. The molecule has 0 aliphatic heterocycles. The fourth-order valence-corrected chi connectivity index (χ4v) is 1.77. The minimum Gasteiger partial charge on any atom is -0.396 e. The molecule has 0 radical (unpaired) electrons. The lowest BCUT2D eigenvalue weighted by Gasteiger charge is -2.29. The third-order valence-electron chi connectivity index (χ3n) is 2.72. The largest absolute Gasteiger partial charge is 0.396 e. The van der Waals surface area contributed by atoms with E-state index < -0.39 is 0 Å². The Bertz CT molecular complexity index is 308. The van der Waals surface area contributed by atoms with Gasteiger partial charge < -0.3 is 10.8 Å². The first kappa shape index (κ1) is 12.6. The number of aliphatic hydroxyl groups is 1. The highest BCUT2D eigenvalue weighted by atomic mass is 32.2. The van der Waals surface area contributed by atoms with Crippen LogP contribution in [0.25, 0.3) is 0 Å². The van der Waals surface area contributed by atoms with Gasteiger partial charge in [0.05, 0.1) is 0 Å². The van der Waals surface area contributed by atoms with Gasteiger partial charge in [0, 0.05) is 23.0 Å². The summed E-state index contributed by atoms with van der Waals surface area (Å²) < 4.78 is 0. The molecule has 0 saturated heterocycles. The Morgan fingerprint density at radius 2 is 1.87 bits per heavy atom. The lowest BCUT2D eigenvalue weighted by Crippen LogP contribution is -2.32. The number of rotatable bonds is 4. The molecule has 0 aliphatic rings. The number of hydrogen-bond acceptors (Lipinski definition) is 3. The predicted molar refractivity (Wildman–Crippen MR) is 66.0 cm³/mol. The summed E-state index contributed by atoms with van der Waals surface area (Å²) in [6, 6.07) is 8.07. The molecule has 0 aliphatic carbocycles. The summed E-state index contributed by atoms with van der Waals surface area (Å²) in [6.45, 7) is 4.04. The quantitative estimate of drug-likeness (QED) is 0.774. The Balaban J connectivity index is 2.87. The van der Waals surface area contributed by atoms with Crippen molar-refractivity contribution in [1.82, 2.24) is 0 Å². The van der Waals surface area contributed by atoms with E-state index in [1.807, 2.05) is 32.2 Å². The maximum absolute atomic E-state index is 9.24. The maximum atomic E-state index is 9.24. The van der Waals surface area contributed by atoms with Gasteiger partial charge in [-0.1, -0.05) is 26.0 Å². The van der Waals surface area contributed by atoms with Crippen LogP contribution in [0.3, 0.4) is 0 Å². The monoisotopic (exact) mass is 225 g/mol. The standard InChI is InChI=1S/C12H19NOS/c1-12(2,8-14)11(13)9-4-6-10(15-3)7-5-9/h4-7,11,14H,8,13H2,1-3H3/t11-/m1/s1. The van der Waals surface area contributed by atoms with Gasteiger partial charge in [0.25, 0.3) is 0 Å². The van der Waals surface area contributed by atoms with Crippen molar-refractivity contribution in [3.63, 3.8) is 0 Å². The molecule has 1 aromatic rings. The van der Waals surface area contributed by atoms with Crippen molar-refractivity contribution >= 4 is 11.8 Å². The fourth-order valence-electron chi connectivity index (χ4n) is 1.36. The summed E-state index contributed by atoms with van der Waals surface area (Å²) in [5.74, 6) is 0. The van der Waals surface area contributed by atoms with Crippen molar-refractivity contribution in [2.24, 2.45) is 11.1 Å². The molecule has 0 bridgehead atoms. The van der Waals surface area contributed by atoms with Crippen LogP contribution in [-0.2, 0) is 0 Å². The smallest absolute Gasteiger partial charge is 0.0500 e. The van der Waals surface area contributed by atoms with Crippen molar-refractivity contribution in [2.45, 2.75) is 24.8 Å². The van der Waals surface area contributed by atoms with Gasteiger partial charge in [0.2, 0.25) is 0 Å². The number of thioether (sulfide) groups is 1. The van der Waals surface area contributed by atoms with E-state index in [9.17, 15) is 5.11 Å². The zero-order valence-electron chi connectivity index (χ0n) is 9.53. The molecule has 0 spiro atoms. The van der Waals surface area contributed by atoms with E-state index in [2.05, 4.69) is 12.1 Å². The molecule has 0 fully saturated rings. The van der Waals surface area contributed by atoms with Gasteiger partial charge in [-0.15, -0.1) is 11.8 Å². The average Bonchev–Trinajstić information content (AvgIpc) is 2.28. The summed E-state index contributed by atoms with van der Waals surface area (Å²) in [7, 11) is 0. The van der Waals surface area contributed by atoms with Gasteiger partial charge >= 0.3 is 0 Å².